The summed E-state index contributed by atoms with van der Waals surface area (Å²) < 4.78 is 38.8. The van der Waals surface area contributed by atoms with Gasteiger partial charge in [-0.25, -0.2) is 8.42 Å². The standard InChI is InChI=1S/C24H31N3O5S/c1-18-6-9-21(32-3)17-23(18)33(29,30)27-12-4-5-22(27)24(28)26-15-13-25(14-16-26)19-7-10-20(31-2)11-8-19/h6-11,17,22H,4-5,12-16H2,1-3H3/t22-/m1/s1. The third-order valence-corrected chi connectivity index (χ3v) is 8.55. The number of nitrogens with zero attached hydrogens (tertiary/aromatic N) is 3. The first-order valence-electron chi connectivity index (χ1n) is 11.2. The maximum absolute atomic E-state index is 13.5. The van der Waals surface area contributed by atoms with Crippen molar-refractivity contribution >= 4 is 21.6 Å². The number of aryl methyl sites for hydroxylation is 1. The van der Waals surface area contributed by atoms with Crippen LogP contribution in [0.3, 0.4) is 0 Å². The van der Waals surface area contributed by atoms with Crippen molar-refractivity contribution in [3.8, 4) is 11.5 Å². The number of rotatable bonds is 6. The Hall–Kier alpha value is -2.78. The molecular weight excluding hydrogens is 442 g/mol. The summed E-state index contributed by atoms with van der Waals surface area (Å²) >= 11 is 0. The van der Waals surface area contributed by atoms with E-state index in [1.54, 1.807) is 31.1 Å². The molecule has 0 radical (unpaired) electrons. The molecule has 0 bridgehead atoms. The van der Waals surface area contributed by atoms with Crippen LogP contribution in [-0.2, 0) is 14.8 Å². The summed E-state index contributed by atoms with van der Waals surface area (Å²) in [5.74, 6) is 1.18. The van der Waals surface area contributed by atoms with Gasteiger partial charge in [-0.1, -0.05) is 6.07 Å². The predicted octanol–water partition coefficient (Wildman–Crippen LogP) is 2.51. The van der Waals surface area contributed by atoms with Crippen LogP contribution in [0.5, 0.6) is 11.5 Å². The molecule has 4 rings (SSSR count). The highest BCUT2D eigenvalue weighted by atomic mass is 32.2. The Bertz CT molecular complexity index is 1100. The maximum atomic E-state index is 13.5. The van der Waals surface area contributed by atoms with E-state index < -0.39 is 16.1 Å². The summed E-state index contributed by atoms with van der Waals surface area (Å²) in [7, 11) is -0.663. The van der Waals surface area contributed by atoms with Gasteiger partial charge in [0.1, 0.15) is 17.5 Å². The van der Waals surface area contributed by atoms with Gasteiger partial charge >= 0.3 is 0 Å². The highest BCUT2D eigenvalue weighted by Gasteiger charge is 2.42. The quantitative estimate of drug-likeness (QED) is 0.642. The number of anilines is 1. The van der Waals surface area contributed by atoms with Gasteiger partial charge < -0.3 is 19.3 Å². The molecule has 9 heteroatoms. The Balaban J connectivity index is 1.46. The fourth-order valence-electron chi connectivity index (χ4n) is 4.58. The van der Waals surface area contributed by atoms with Crippen LogP contribution in [0.25, 0.3) is 0 Å². The number of carbonyl (C=O) groups is 1. The largest absolute Gasteiger partial charge is 0.497 e. The van der Waals surface area contributed by atoms with Gasteiger partial charge in [-0.2, -0.15) is 4.31 Å². The van der Waals surface area contributed by atoms with E-state index in [9.17, 15) is 13.2 Å². The number of piperazine rings is 1. The molecule has 0 aromatic heterocycles. The van der Waals surface area contributed by atoms with Crippen molar-refractivity contribution in [3.63, 3.8) is 0 Å². The minimum absolute atomic E-state index is 0.106. The third-order valence-electron chi connectivity index (χ3n) is 6.50. The van der Waals surface area contributed by atoms with Gasteiger partial charge in [0.15, 0.2) is 0 Å². The second kappa shape index (κ2) is 9.61. The number of methoxy groups -OCH3 is 2. The van der Waals surface area contributed by atoms with Crippen LogP contribution in [0.15, 0.2) is 47.4 Å². The van der Waals surface area contributed by atoms with E-state index in [4.69, 9.17) is 9.47 Å². The zero-order valence-corrected chi connectivity index (χ0v) is 20.2. The highest BCUT2D eigenvalue weighted by Crippen LogP contribution is 2.31. The number of carbonyl (C=O) groups excluding carboxylic acids is 1. The topological polar surface area (TPSA) is 79.4 Å². The summed E-state index contributed by atoms with van der Waals surface area (Å²) in [6.07, 6.45) is 1.21. The van der Waals surface area contributed by atoms with Crippen LogP contribution in [0, 0.1) is 6.92 Å². The first-order chi connectivity index (χ1) is 15.8. The Kier molecular flexibility index (Phi) is 6.81. The zero-order chi connectivity index (χ0) is 23.6. The molecule has 2 aromatic rings. The van der Waals surface area contributed by atoms with Crippen molar-refractivity contribution in [3.05, 3.63) is 48.0 Å². The van der Waals surface area contributed by atoms with Gasteiger partial charge in [0.25, 0.3) is 0 Å². The van der Waals surface area contributed by atoms with Gasteiger partial charge in [0.2, 0.25) is 15.9 Å². The number of sulfonamides is 1. The lowest BCUT2D eigenvalue weighted by atomic mass is 10.1. The molecule has 2 aliphatic rings. The van der Waals surface area contributed by atoms with Crippen molar-refractivity contribution in [2.24, 2.45) is 0 Å². The van der Waals surface area contributed by atoms with Crippen molar-refractivity contribution < 1.29 is 22.7 Å². The molecule has 2 fully saturated rings. The average Bonchev–Trinajstić information content (AvgIpc) is 3.35. The molecule has 2 heterocycles. The molecule has 0 aliphatic carbocycles. The van der Waals surface area contributed by atoms with Gasteiger partial charge in [0.05, 0.1) is 19.1 Å². The fourth-order valence-corrected chi connectivity index (χ4v) is 6.47. The Morgan fingerprint density at radius 1 is 0.909 bits per heavy atom. The monoisotopic (exact) mass is 473 g/mol. The number of benzene rings is 2. The summed E-state index contributed by atoms with van der Waals surface area (Å²) in [4.78, 5) is 17.6. The zero-order valence-electron chi connectivity index (χ0n) is 19.4. The smallest absolute Gasteiger partial charge is 0.244 e. The minimum Gasteiger partial charge on any atom is -0.497 e. The first kappa shape index (κ1) is 23.4. The van der Waals surface area contributed by atoms with Crippen LogP contribution in [0.4, 0.5) is 5.69 Å². The van der Waals surface area contributed by atoms with Crippen molar-refractivity contribution in [2.45, 2.75) is 30.7 Å². The maximum Gasteiger partial charge on any atom is 0.244 e. The van der Waals surface area contributed by atoms with Crippen LogP contribution < -0.4 is 14.4 Å². The van der Waals surface area contributed by atoms with Crippen molar-refractivity contribution in [2.75, 3.05) is 51.8 Å². The van der Waals surface area contributed by atoms with Crippen LogP contribution >= 0.6 is 0 Å². The second-order valence-corrected chi connectivity index (χ2v) is 10.3. The lowest BCUT2D eigenvalue weighted by Crippen LogP contribution is -2.54. The van der Waals surface area contributed by atoms with E-state index in [1.165, 1.54) is 17.5 Å². The molecule has 2 aliphatic heterocycles. The molecule has 178 valence electrons. The number of hydrogen-bond donors (Lipinski definition) is 0. The molecule has 0 N–H and O–H groups in total. The van der Waals surface area contributed by atoms with E-state index in [1.807, 2.05) is 24.3 Å². The molecule has 33 heavy (non-hydrogen) atoms. The molecule has 2 saturated heterocycles. The summed E-state index contributed by atoms with van der Waals surface area (Å²) in [6, 6.07) is 12.2. The van der Waals surface area contributed by atoms with Crippen molar-refractivity contribution in [1.29, 1.82) is 0 Å². The Morgan fingerprint density at radius 2 is 1.55 bits per heavy atom. The van der Waals surface area contributed by atoms with Crippen LogP contribution in [0.1, 0.15) is 18.4 Å². The molecule has 1 amide bonds. The van der Waals surface area contributed by atoms with E-state index in [-0.39, 0.29) is 10.8 Å². The molecule has 0 spiro atoms. The fraction of sp³-hybridized carbons (Fsp3) is 0.458. The van der Waals surface area contributed by atoms with Crippen LogP contribution in [0.2, 0.25) is 0 Å². The van der Waals surface area contributed by atoms with E-state index >= 15 is 0 Å². The summed E-state index contributed by atoms with van der Waals surface area (Å²) in [5, 5.41) is 0. The molecule has 0 saturated carbocycles. The lowest BCUT2D eigenvalue weighted by molar-refractivity contribution is -0.134. The average molecular weight is 474 g/mol. The molecular formula is C24H31N3O5S. The second-order valence-electron chi connectivity index (χ2n) is 8.42. The number of amides is 1. The third kappa shape index (κ3) is 4.65. The molecule has 8 nitrogen and oxygen atoms in total. The first-order valence-corrected chi connectivity index (χ1v) is 12.6. The number of ether oxygens (including phenoxy) is 2. The molecule has 2 aromatic carbocycles. The number of hydrogen-bond acceptors (Lipinski definition) is 6. The van der Waals surface area contributed by atoms with Crippen LogP contribution in [-0.4, -0.2) is 76.5 Å². The Morgan fingerprint density at radius 3 is 2.18 bits per heavy atom. The Labute approximate surface area is 195 Å². The molecule has 0 unspecified atom stereocenters. The van der Waals surface area contributed by atoms with E-state index in [0.29, 0.717) is 56.9 Å². The minimum atomic E-state index is -3.81. The summed E-state index contributed by atoms with van der Waals surface area (Å²) in [6.45, 7) is 4.64. The van der Waals surface area contributed by atoms with E-state index in [0.717, 1.165) is 11.4 Å². The highest BCUT2D eigenvalue weighted by molar-refractivity contribution is 7.89. The van der Waals surface area contributed by atoms with Gasteiger partial charge in [-0.05, 0) is 55.7 Å². The molecule has 1 atom stereocenters. The van der Waals surface area contributed by atoms with Gasteiger partial charge in [-0.3, -0.25) is 4.79 Å². The summed E-state index contributed by atoms with van der Waals surface area (Å²) in [5.41, 5.74) is 1.73. The normalized spacial score (nSPS) is 19.5. The van der Waals surface area contributed by atoms with Crippen molar-refractivity contribution in [1.82, 2.24) is 9.21 Å². The van der Waals surface area contributed by atoms with E-state index in [2.05, 4.69) is 4.90 Å². The SMILES string of the molecule is COc1ccc(N2CCN(C(=O)[C@H]3CCCN3S(=O)(=O)c3cc(OC)ccc3C)CC2)cc1. The van der Waals surface area contributed by atoms with Gasteiger partial charge in [-0.15, -0.1) is 0 Å². The lowest BCUT2D eigenvalue weighted by Gasteiger charge is -2.38. The predicted molar refractivity (Wildman–Crippen MR) is 126 cm³/mol. The van der Waals surface area contributed by atoms with Gasteiger partial charge in [0, 0.05) is 44.5 Å².